The Labute approximate surface area is 188 Å². The van der Waals surface area contributed by atoms with E-state index in [1.165, 1.54) is 0 Å². The summed E-state index contributed by atoms with van der Waals surface area (Å²) in [4.78, 5) is 23.9. The molecule has 1 atom stereocenters. The number of carbonyl (C=O) groups excluding carboxylic acids is 1. The molecular formula is C21H33BrN4O3Si. The normalized spacial score (nSPS) is 17.7. The van der Waals surface area contributed by atoms with Crippen molar-refractivity contribution in [1.82, 2.24) is 19.4 Å². The molecule has 0 spiro atoms. The number of likely N-dealkylation sites (tertiary alicyclic amines) is 1. The van der Waals surface area contributed by atoms with Crippen LogP contribution in [0.4, 0.5) is 4.79 Å². The Morgan fingerprint density at radius 3 is 2.73 bits per heavy atom. The number of amides is 1. The molecule has 166 valence electrons. The first-order valence-corrected chi connectivity index (χ1v) is 15.0. The lowest BCUT2D eigenvalue weighted by Gasteiger charge is -2.28. The molecule has 2 aromatic rings. The van der Waals surface area contributed by atoms with Gasteiger partial charge in [0.05, 0.1) is 11.6 Å². The van der Waals surface area contributed by atoms with Gasteiger partial charge in [-0.05, 0) is 61.7 Å². The summed E-state index contributed by atoms with van der Waals surface area (Å²) in [6.07, 6.45) is 3.22. The molecule has 1 fully saturated rings. The second kappa shape index (κ2) is 8.96. The van der Waals surface area contributed by atoms with Gasteiger partial charge in [-0.15, -0.1) is 0 Å². The second-order valence-electron chi connectivity index (χ2n) is 10.1. The first-order valence-electron chi connectivity index (χ1n) is 10.5. The van der Waals surface area contributed by atoms with E-state index in [0.29, 0.717) is 18.9 Å². The topological polar surface area (TPSA) is 69.5 Å². The third kappa shape index (κ3) is 5.82. The molecule has 1 unspecified atom stereocenters. The molecule has 30 heavy (non-hydrogen) atoms. The van der Waals surface area contributed by atoms with Crippen molar-refractivity contribution in [2.24, 2.45) is 0 Å². The molecule has 3 rings (SSSR count). The number of hydrogen-bond acceptors (Lipinski definition) is 5. The smallest absolute Gasteiger partial charge is 0.410 e. The lowest BCUT2D eigenvalue weighted by Crippen LogP contribution is -2.37. The van der Waals surface area contributed by atoms with E-state index in [2.05, 4.69) is 45.1 Å². The fourth-order valence-corrected chi connectivity index (χ4v) is 4.57. The van der Waals surface area contributed by atoms with Crippen molar-refractivity contribution in [2.75, 3.05) is 13.2 Å². The van der Waals surface area contributed by atoms with Crippen LogP contribution in [0.5, 0.6) is 0 Å². The zero-order valence-electron chi connectivity index (χ0n) is 18.9. The summed E-state index contributed by atoms with van der Waals surface area (Å²) in [7, 11) is -1.17. The maximum absolute atomic E-state index is 12.8. The Kier molecular flexibility index (Phi) is 6.93. The van der Waals surface area contributed by atoms with E-state index >= 15 is 0 Å². The number of imidazole rings is 1. The van der Waals surface area contributed by atoms with Crippen molar-refractivity contribution in [1.29, 1.82) is 0 Å². The molecule has 0 N–H and O–H groups in total. The van der Waals surface area contributed by atoms with E-state index in [1.54, 1.807) is 11.1 Å². The van der Waals surface area contributed by atoms with Gasteiger partial charge in [0.2, 0.25) is 0 Å². The summed E-state index contributed by atoms with van der Waals surface area (Å²) in [5.74, 6) is 0.812. The summed E-state index contributed by atoms with van der Waals surface area (Å²) in [6, 6.07) is 2.96. The van der Waals surface area contributed by atoms with Crippen LogP contribution in [0.25, 0.3) is 11.2 Å². The number of ether oxygens (including phenoxy) is 2. The Morgan fingerprint density at radius 1 is 1.33 bits per heavy atom. The Hall–Kier alpha value is -1.45. The Morgan fingerprint density at radius 2 is 2.07 bits per heavy atom. The van der Waals surface area contributed by atoms with E-state index in [9.17, 15) is 4.79 Å². The van der Waals surface area contributed by atoms with Gasteiger partial charge >= 0.3 is 6.09 Å². The average Bonchev–Trinajstić information content (AvgIpc) is 3.20. The van der Waals surface area contributed by atoms with Crippen molar-refractivity contribution in [3.8, 4) is 0 Å². The zero-order chi connectivity index (χ0) is 22.1. The number of pyridine rings is 1. The maximum atomic E-state index is 12.8. The number of aromatic nitrogens is 3. The summed E-state index contributed by atoms with van der Waals surface area (Å²) < 4.78 is 14.7. The van der Waals surface area contributed by atoms with Crippen molar-refractivity contribution in [3.63, 3.8) is 0 Å². The van der Waals surface area contributed by atoms with Crippen LogP contribution < -0.4 is 0 Å². The molecule has 0 bridgehead atoms. The minimum atomic E-state index is -1.17. The van der Waals surface area contributed by atoms with Gasteiger partial charge < -0.3 is 14.0 Å². The molecular weight excluding hydrogens is 464 g/mol. The van der Waals surface area contributed by atoms with E-state index < -0.39 is 13.7 Å². The van der Waals surface area contributed by atoms with Crippen LogP contribution in [0.3, 0.4) is 0 Å². The van der Waals surface area contributed by atoms with Crippen LogP contribution in [-0.4, -0.2) is 52.4 Å². The van der Waals surface area contributed by atoms with Gasteiger partial charge in [0.25, 0.3) is 0 Å². The maximum Gasteiger partial charge on any atom is 0.410 e. The highest BCUT2D eigenvalue weighted by molar-refractivity contribution is 9.10. The SMILES string of the molecule is CC(C)(C)OC(=O)N1CCCC1c1nc2ncc(Br)cc2n1COCC[Si](C)(C)C. The summed E-state index contributed by atoms with van der Waals surface area (Å²) in [5, 5.41) is 0. The molecule has 2 aromatic heterocycles. The van der Waals surface area contributed by atoms with Gasteiger partial charge in [0.15, 0.2) is 5.65 Å². The van der Waals surface area contributed by atoms with E-state index in [1.807, 2.05) is 26.8 Å². The van der Waals surface area contributed by atoms with E-state index in [0.717, 1.165) is 41.3 Å². The highest BCUT2D eigenvalue weighted by atomic mass is 79.9. The van der Waals surface area contributed by atoms with Crippen LogP contribution in [0.2, 0.25) is 25.7 Å². The fraction of sp³-hybridized carbons (Fsp3) is 0.667. The van der Waals surface area contributed by atoms with Crippen LogP contribution >= 0.6 is 15.9 Å². The van der Waals surface area contributed by atoms with Gasteiger partial charge in [0, 0.05) is 31.9 Å². The molecule has 0 radical (unpaired) electrons. The molecule has 1 saturated heterocycles. The van der Waals surface area contributed by atoms with Crippen molar-refractivity contribution >= 4 is 41.3 Å². The lowest BCUT2D eigenvalue weighted by molar-refractivity contribution is 0.0205. The van der Waals surface area contributed by atoms with Crippen LogP contribution in [0.15, 0.2) is 16.7 Å². The van der Waals surface area contributed by atoms with Gasteiger partial charge in [0.1, 0.15) is 18.2 Å². The molecule has 0 aliphatic carbocycles. The highest BCUT2D eigenvalue weighted by Crippen LogP contribution is 2.34. The van der Waals surface area contributed by atoms with Crippen LogP contribution in [-0.2, 0) is 16.2 Å². The van der Waals surface area contributed by atoms with Gasteiger partial charge in [-0.25, -0.2) is 14.8 Å². The van der Waals surface area contributed by atoms with Gasteiger partial charge in [-0.1, -0.05) is 19.6 Å². The minimum absolute atomic E-state index is 0.145. The molecule has 7 nitrogen and oxygen atoms in total. The molecule has 0 aromatic carbocycles. The number of fused-ring (bicyclic) bond motifs is 1. The third-order valence-electron chi connectivity index (χ3n) is 5.00. The molecule has 1 amide bonds. The predicted molar refractivity (Wildman–Crippen MR) is 124 cm³/mol. The van der Waals surface area contributed by atoms with Gasteiger partial charge in [-0.3, -0.25) is 4.90 Å². The van der Waals surface area contributed by atoms with Crippen molar-refractivity contribution < 1.29 is 14.3 Å². The standard InChI is InChI=1S/C21H33BrN4O3Si/c1-21(2,3)29-20(27)25-9-7-8-16(25)19-24-18-17(12-15(22)13-23-18)26(19)14-28-10-11-30(4,5)6/h12-13,16H,7-11,14H2,1-6H3. The van der Waals surface area contributed by atoms with Gasteiger partial charge in [-0.2, -0.15) is 0 Å². The number of nitrogens with zero attached hydrogens (tertiary/aromatic N) is 4. The molecule has 1 aliphatic heterocycles. The molecule has 1 aliphatic rings. The summed E-state index contributed by atoms with van der Waals surface area (Å²) in [6.45, 7) is 14.5. The zero-order valence-corrected chi connectivity index (χ0v) is 21.5. The number of carbonyl (C=O) groups is 1. The van der Waals surface area contributed by atoms with Crippen molar-refractivity contribution in [3.05, 3.63) is 22.6 Å². The number of hydrogen-bond donors (Lipinski definition) is 0. The summed E-state index contributed by atoms with van der Waals surface area (Å²) >= 11 is 3.51. The number of rotatable bonds is 6. The minimum Gasteiger partial charge on any atom is -0.444 e. The molecule has 9 heteroatoms. The molecule has 0 saturated carbocycles. The van der Waals surface area contributed by atoms with Crippen molar-refractivity contribution in [2.45, 2.75) is 77.7 Å². The summed E-state index contributed by atoms with van der Waals surface area (Å²) in [5.41, 5.74) is 1.04. The van der Waals surface area contributed by atoms with Crippen LogP contribution in [0, 0.1) is 0 Å². The third-order valence-corrected chi connectivity index (χ3v) is 7.14. The average molecular weight is 498 g/mol. The molecule has 3 heterocycles. The second-order valence-corrected chi connectivity index (χ2v) is 16.6. The fourth-order valence-electron chi connectivity index (χ4n) is 3.50. The quantitative estimate of drug-likeness (QED) is 0.385. The van der Waals surface area contributed by atoms with E-state index in [4.69, 9.17) is 14.5 Å². The highest BCUT2D eigenvalue weighted by Gasteiger charge is 2.36. The first-order chi connectivity index (χ1) is 13.9. The monoisotopic (exact) mass is 496 g/mol. The largest absolute Gasteiger partial charge is 0.444 e. The van der Waals surface area contributed by atoms with E-state index in [-0.39, 0.29) is 12.1 Å². The lowest BCUT2D eigenvalue weighted by atomic mass is 10.2. The Bertz CT molecular complexity index is 904. The predicted octanol–water partition coefficient (Wildman–Crippen LogP) is 5.58. The Balaban J connectivity index is 1.89. The van der Waals surface area contributed by atoms with Crippen LogP contribution in [0.1, 0.15) is 45.5 Å². The first kappa shape index (κ1) is 23.2. The number of halogens is 1.